The first-order valence-corrected chi connectivity index (χ1v) is 6.58. The zero-order valence-electron chi connectivity index (χ0n) is 10.7. The van der Waals surface area contributed by atoms with Crippen molar-refractivity contribution in [3.8, 4) is 6.07 Å². The predicted octanol–water partition coefficient (Wildman–Crippen LogP) is 2.03. The van der Waals surface area contributed by atoms with Crippen LogP contribution in [0.4, 0.5) is 5.69 Å². The summed E-state index contributed by atoms with van der Waals surface area (Å²) < 4.78 is 0. The number of fused-ring (bicyclic) bond motifs is 1. The van der Waals surface area contributed by atoms with Gasteiger partial charge in [0, 0.05) is 24.5 Å². The third-order valence-corrected chi connectivity index (χ3v) is 3.61. The topological polar surface area (TPSA) is 65.9 Å². The van der Waals surface area contributed by atoms with Crippen molar-refractivity contribution in [2.24, 2.45) is 5.73 Å². The maximum Gasteiger partial charge on any atom is 0.164 e. The molecule has 2 N–H and O–H groups in total. The highest BCUT2D eigenvalue weighted by Gasteiger charge is 2.20. The van der Waals surface area contributed by atoms with Crippen molar-refractivity contribution in [3.63, 3.8) is 0 Å². The van der Waals surface area contributed by atoms with E-state index < -0.39 is 0 Å². The second-order valence-electron chi connectivity index (χ2n) is 5.01. The number of aromatic nitrogens is 1. The molecule has 4 nitrogen and oxygen atoms in total. The molecule has 1 aliphatic heterocycles. The number of benzene rings is 1. The summed E-state index contributed by atoms with van der Waals surface area (Å²) >= 11 is 0. The van der Waals surface area contributed by atoms with Gasteiger partial charge in [-0.2, -0.15) is 5.26 Å². The molecule has 1 aromatic heterocycles. The lowest BCUT2D eigenvalue weighted by Gasteiger charge is -2.32. The average Bonchev–Trinajstić information content (AvgIpc) is 2.46. The number of nitrogens with two attached hydrogens (primary N) is 1. The van der Waals surface area contributed by atoms with Gasteiger partial charge < -0.3 is 10.6 Å². The van der Waals surface area contributed by atoms with E-state index in [9.17, 15) is 5.26 Å². The van der Waals surface area contributed by atoms with E-state index in [-0.39, 0.29) is 6.04 Å². The molecule has 1 aliphatic rings. The molecule has 19 heavy (non-hydrogen) atoms. The normalized spacial score (nSPS) is 19.4. The minimum absolute atomic E-state index is 0.187. The summed E-state index contributed by atoms with van der Waals surface area (Å²) in [4.78, 5) is 6.64. The highest BCUT2D eigenvalue weighted by molar-refractivity contribution is 5.84. The molecule has 4 heteroatoms. The molecule has 0 spiro atoms. The third-order valence-electron chi connectivity index (χ3n) is 3.61. The Labute approximate surface area is 112 Å². The van der Waals surface area contributed by atoms with Crippen molar-refractivity contribution in [1.82, 2.24) is 4.98 Å². The summed E-state index contributed by atoms with van der Waals surface area (Å²) in [7, 11) is 0. The molecule has 1 unspecified atom stereocenters. The minimum atomic E-state index is 0.187. The van der Waals surface area contributed by atoms with Crippen LogP contribution in [0.25, 0.3) is 10.9 Å². The van der Waals surface area contributed by atoms with Gasteiger partial charge in [0.1, 0.15) is 6.07 Å². The molecule has 0 bridgehead atoms. The number of piperidine rings is 1. The third kappa shape index (κ3) is 2.25. The summed E-state index contributed by atoms with van der Waals surface area (Å²) in [6.45, 7) is 1.75. The van der Waals surface area contributed by atoms with Crippen LogP contribution < -0.4 is 10.6 Å². The van der Waals surface area contributed by atoms with Gasteiger partial charge in [0.05, 0.1) is 11.2 Å². The summed E-state index contributed by atoms with van der Waals surface area (Å²) in [6.07, 6.45) is 2.12. The highest BCUT2D eigenvalue weighted by Crippen LogP contribution is 2.26. The van der Waals surface area contributed by atoms with Gasteiger partial charge in [0.15, 0.2) is 5.69 Å². The molecule has 1 atom stereocenters. The Bertz CT molecular complexity index is 644. The van der Waals surface area contributed by atoms with Crippen molar-refractivity contribution in [3.05, 3.63) is 36.0 Å². The first-order valence-electron chi connectivity index (χ1n) is 6.58. The largest absolute Gasteiger partial charge is 0.368 e. The zero-order chi connectivity index (χ0) is 13.2. The maximum atomic E-state index is 9.30. The van der Waals surface area contributed by atoms with Crippen LogP contribution in [0.5, 0.6) is 0 Å². The van der Waals surface area contributed by atoms with Gasteiger partial charge in [-0.25, -0.2) is 4.98 Å². The number of nitriles is 1. The minimum Gasteiger partial charge on any atom is -0.368 e. The Morgan fingerprint density at radius 3 is 3.00 bits per heavy atom. The molecule has 2 heterocycles. The fourth-order valence-electron chi connectivity index (χ4n) is 2.66. The molecular weight excluding hydrogens is 236 g/mol. The molecule has 3 rings (SSSR count). The molecule has 1 fully saturated rings. The highest BCUT2D eigenvalue weighted by atomic mass is 15.2. The average molecular weight is 252 g/mol. The van der Waals surface area contributed by atoms with E-state index in [4.69, 9.17) is 5.73 Å². The van der Waals surface area contributed by atoms with Crippen LogP contribution in [0.1, 0.15) is 18.5 Å². The Balaban J connectivity index is 2.08. The quantitative estimate of drug-likeness (QED) is 0.843. The molecular formula is C15H16N4. The first-order chi connectivity index (χ1) is 9.28. The van der Waals surface area contributed by atoms with Crippen molar-refractivity contribution in [2.45, 2.75) is 18.9 Å². The van der Waals surface area contributed by atoms with Gasteiger partial charge in [-0.15, -0.1) is 0 Å². The molecule has 0 radical (unpaired) electrons. The van der Waals surface area contributed by atoms with Crippen molar-refractivity contribution < 1.29 is 0 Å². The molecule has 0 saturated carbocycles. The van der Waals surface area contributed by atoms with E-state index in [0.717, 1.165) is 42.5 Å². The van der Waals surface area contributed by atoms with Crippen LogP contribution in [0.15, 0.2) is 30.3 Å². The van der Waals surface area contributed by atoms with E-state index in [1.165, 1.54) is 0 Å². The predicted molar refractivity (Wildman–Crippen MR) is 75.9 cm³/mol. The van der Waals surface area contributed by atoms with Crippen molar-refractivity contribution >= 4 is 16.6 Å². The molecule has 0 amide bonds. The Morgan fingerprint density at radius 2 is 2.21 bits per heavy atom. The van der Waals surface area contributed by atoms with Crippen molar-refractivity contribution in [1.29, 1.82) is 5.26 Å². The smallest absolute Gasteiger partial charge is 0.164 e. The summed E-state index contributed by atoms with van der Waals surface area (Å²) in [5.74, 6) is 0. The fourth-order valence-corrected chi connectivity index (χ4v) is 2.66. The number of anilines is 1. The standard InChI is InChI=1S/C15H16N4/c16-9-14-15(19-7-3-5-12(17)10-19)8-11-4-1-2-6-13(11)18-14/h1-2,4,6,8,12H,3,5,7,10,17H2. The number of nitrogens with zero attached hydrogens (tertiary/aromatic N) is 3. The second kappa shape index (κ2) is 4.87. The van der Waals surface area contributed by atoms with Gasteiger partial charge in [0.25, 0.3) is 0 Å². The lowest BCUT2D eigenvalue weighted by molar-refractivity contribution is 0.506. The first kappa shape index (κ1) is 11.9. The summed E-state index contributed by atoms with van der Waals surface area (Å²) in [5.41, 5.74) is 8.29. The Hall–Kier alpha value is -2.12. The van der Waals surface area contributed by atoms with E-state index in [1.54, 1.807) is 0 Å². The SMILES string of the molecule is N#Cc1nc2ccccc2cc1N1CCCC(N)C1. The Kier molecular flexibility index (Phi) is 3.06. The van der Waals surface area contributed by atoms with Gasteiger partial charge in [-0.3, -0.25) is 0 Å². The summed E-state index contributed by atoms with van der Waals surface area (Å²) in [6, 6.07) is 12.3. The van der Waals surface area contributed by atoms with Gasteiger partial charge in [0.2, 0.25) is 0 Å². The van der Waals surface area contributed by atoms with Crippen LogP contribution in [0.2, 0.25) is 0 Å². The Morgan fingerprint density at radius 1 is 1.37 bits per heavy atom. The zero-order valence-corrected chi connectivity index (χ0v) is 10.7. The fraction of sp³-hybridized carbons (Fsp3) is 0.333. The van der Waals surface area contributed by atoms with E-state index in [0.29, 0.717) is 5.69 Å². The molecule has 1 aromatic carbocycles. The molecule has 1 saturated heterocycles. The maximum absolute atomic E-state index is 9.30. The lowest BCUT2D eigenvalue weighted by Crippen LogP contribution is -2.43. The second-order valence-corrected chi connectivity index (χ2v) is 5.01. The van der Waals surface area contributed by atoms with Gasteiger partial charge in [-0.05, 0) is 25.0 Å². The number of rotatable bonds is 1. The number of hydrogen-bond donors (Lipinski definition) is 1. The lowest BCUT2D eigenvalue weighted by atomic mass is 10.0. The number of para-hydroxylation sites is 1. The van der Waals surface area contributed by atoms with E-state index in [2.05, 4.69) is 22.0 Å². The van der Waals surface area contributed by atoms with Crippen molar-refractivity contribution in [2.75, 3.05) is 18.0 Å². The van der Waals surface area contributed by atoms with Gasteiger partial charge in [-0.1, -0.05) is 18.2 Å². The number of pyridine rings is 1. The van der Waals surface area contributed by atoms with Crippen LogP contribution in [-0.2, 0) is 0 Å². The number of hydrogen-bond acceptors (Lipinski definition) is 4. The van der Waals surface area contributed by atoms with E-state index >= 15 is 0 Å². The van der Waals surface area contributed by atoms with E-state index in [1.807, 2.05) is 24.3 Å². The van der Waals surface area contributed by atoms with Crippen LogP contribution in [-0.4, -0.2) is 24.1 Å². The van der Waals surface area contributed by atoms with Crippen LogP contribution in [0.3, 0.4) is 0 Å². The molecule has 96 valence electrons. The van der Waals surface area contributed by atoms with Gasteiger partial charge >= 0.3 is 0 Å². The molecule has 2 aromatic rings. The van der Waals surface area contributed by atoms with Crippen LogP contribution >= 0.6 is 0 Å². The summed E-state index contributed by atoms with van der Waals surface area (Å²) in [5, 5.41) is 10.4. The monoisotopic (exact) mass is 252 g/mol. The molecule has 0 aliphatic carbocycles. The van der Waals surface area contributed by atoms with Crippen LogP contribution in [0, 0.1) is 11.3 Å².